The van der Waals surface area contributed by atoms with Crippen LogP contribution in [-0.2, 0) is 0 Å². The third kappa shape index (κ3) is 3.61. The number of hydrogen-bond donors (Lipinski definition) is 2. The molecule has 0 aliphatic rings. The number of aromatic carboxylic acids is 1. The van der Waals surface area contributed by atoms with E-state index < -0.39 is 5.97 Å². The molecule has 0 amide bonds. The van der Waals surface area contributed by atoms with E-state index in [-0.39, 0.29) is 5.56 Å². The fourth-order valence-electron chi connectivity index (χ4n) is 1.95. The van der Waals surface area contributed by atoms with Crippen LogP contribution in [-0.4, -0.2) is 21.9 Å². The van der Waals surface area contributed by atoms with Gasteiger partial charge in [-0.25, -0.2) is 9.78 Å². The number of para-hydroxylation sites is 2. The van der Waals surface area contributed by atoms with Crippen molar-refractivity contribution in [2.75, 3.05) is 5.43 Å². The summed E-state index contributed by atoms with van der Waals surface area (Å²) in [4.78, 5) is 15.5. The highest BCUT2D eigenvalue weighted by Gasteiger charge is 2.08. The Hall–Kier alpha value is -3.13. The predicted molar refractivity (Wildman–Crippen MR) is 94.3 cm³/mol. The van der Waals surface area contributed by atoms with Crippen LogP contribution in [0.25, 0.3) is 10.2 Å². The van der Waals surface area contributed by atoms with Gasteiger partial charge >= 0.3 is 5.97 Å². The number of azo groups is 1. The van der Waals surface area contributed by atoms with Crippen LogP contribution in [0, 0.1) is 0 Å². The van der Waals surface area contributed by atoms with Crippen molar-refractivity contribution in [3.05, 3.63) is 54.1 Å². The number of hydrazone groups is 1. The lowest BCUT2D eigenvalue weighted by molar-refractivity contribution is 0.0698. The third-order valence-corrected chi connectivity index (χ3v) is 3.98. The number of anilines is 1. The highest BCUT2D eigenvalue weighted by atomic mass is 32.1. The van der Waals surface area contributed by atoms with Gasteiger partial charge in [-0.05, 0) is 31.2 Å². The van der Waals surface area contributed by atoms with Gasteiger partial charge in [0, 0.05) is 0 Å². The molecule has 0 unspecified atom stereocenters. The van der Waals surface area contributed by atoms with Gasteiger partial charge in [-0.2, -0.15) is 5.10 Å². The number of aromatic nitrogens is 1. The zero-order chi connectivity index (χ0) is 16.9. The molecular formula is C16H13N5O2S. The van der Waals surface area contributed by atoms with Crippen molar-refractivity contribution in [3.63, 3.8) is 0 Å². The van der Waals surface area contributed by atoms with Crippen molar-refractivity contribution < 1.29 is 9.90 Å². The largest absolute Gasteiger partial charge is 0.478 e. The van der Waals surface area contributed by atoms with E-state index in [4.69, 9.17) is 5.11 Å². The molecule has 120 valence electrons. The van der Waals surface area contributed by atoms with E-state index in [1.54, 1.807) is 25.1 Å². The average Bonchev–Trinajstić information content (AvgIpc) is 3.01. The minimum absolute atomic E-state index is 0.136. The Morgan fingerprint density at radius 3 is 2.71 bits per heavy atom. The van der Waals surface area contributed by atoms with E-state index in [0.717, 1.165) is 10.2 Å². The van der Waals surface area contributed by atoms with Crippen LogP contribution in [0.15, 0.2) is 63.9 Å². The van der Waals surface area contributed by atoms with Crippen molar-refractivity contribution in [1.82, 2.24) is 4.98 Å². The van der Waals surface area contributed by atoms with Crippen LogP contribution in [0.2, 0.25) is 0 Å². The Kier molecular flexibility index (Phi) is 4.57. The van der Waals surface area contributed by atoms with Crippen LogP contribution in [0.1, 0.15) is 17.3 Å². The molecule has 2 aromatic carbocycles. The van der Waals surface area contributed by atoms with E-state index in [0.29, 0.717) is 16.7 Å². The molecule has 0 bridgehead atoms. The number of fused-ring (bicyclic) bond motifs is 1. The van der Waals surface area contributed by atoms with Crippen molar-refractivity contribution >= 4 is 44.2 Å². The van der Waals surface area contributed by atoms with Crippen LogP contribution in [0.3, 0.4) is 0 Å². The lowest BCUT2D eigenvalue weighted by Gasteiger charge is -2.04. The number of benzene rings is 2. The Morgan fingerprint density at radius 1 is 1.17 bits per heavy atom. The molecule has 8 heteroatoms. The van der Waals surface area contributed by atoms with Gasteiger partial charge < -0.3 is 5.11 Å². The lowest BCUT2D eigenvalue weighted by atomic mass is 10.2. The molecule has 7 nitrogen and oxygen atoms in total. The number of rotatable bonds is 4. The van der Waals surface area contributed by atoms with Crippen molar-refractivity contribution in [3.8, 4) is 0 Å². The molecule has 2 N–H and O–H groups in total. The summed E-state index contributed by atoms with van der Waals surface area (Å²) in [6.45, 7) is 1.66. The summed E-state index contributed by atoms with van der Waals surface area (Å²) in [5.74, 6) is -0.670. The van der Waals surface area contributed by atoms with Crippen molar-refractivity contribution in [2.24, 2.45) is 15.3 Å². The molecule has 1 heterocycles. The number of nitrogens with zero attached hydrogens (tertiary/aromatic N) is 4. The fourth-order valence-corrected chi connectivity index (χ4v) is 2.74. The second kappa shape index (κ2) is 6.97. The first-order chi connectivity index (χ1) is 11.6. The van der Waals surface area contributed by atoms with Gasteiger partial charge in [0.1, 0.15) is 0 Å². The monoisotopic (exact) mass is 339 g/mol. The van der Waals surface area contributed by atoms with E-state index in [1.165, 1.54) is 17.4 Å². The third-order valence-electron chi connectivity index (χ3n) is 3.06. The molecule has 3 rings (SSSR count). The maximum Gasteiger partial charge on any atom is 0.337 e. The molecule has 24 heavy (non-hydrogen) atoms. The van der Waals surface area contributed by atoms with Gasteiger partial charge in [-0.15, -0.1) is 10.2 Å². The summed E-state index contributed by atoms with van der Waals surface area (Å²) in [7, 11) is 0. The second-order valence-electron chi connectivity index (χ2n) is 4.79. The molecular weight excluding hydrogens is 326 g/mol. The summed E-state index contributed by atoms with van der Waals surface area (Å²) in [6, 6.07) is 14.2. The fraction of sp³-hybridized carbons (Fsp3) is 0.0625. The van der Waals surface area contributed by atoms with Crippen molar-refractivity contribution in [2.45, 2.75) is 6.92 Å². The lowest BCUT2D eigenvalue weighted by Crippen LogP contribution is -2.03. The number of amidine groups is 1. The average molecular weight is 339 g/mol. The summed E-state index contributed by atoms with van der Waals surface area (Å²) >= 11 is 1.44. The minimum atomic E-state index is -1.03. The highest BCUT2D eigenvalue weighted by Crippen LogP contribution is 2.27. The number of carbonyl (C=O) groups is 1. The first-order valence-electron chi connectivity index (χ1n) is 7.03. The van der Waals surface area contributed by atoms with Gasteiger partial charge in [0.15, 0.2) is 5.84 Å². The van der Waals surface area contributed by atoms with Gasteiger partial charge in [-0.3, -0.25) is 5.43 Å². The Labute approximate surface area is 141 Å². The first kappa shape index (κ1) is 15.8. The maximum absolute atomic E-state index is 11.1. The van der Waals surface area contributed by atoms with Crippen molar-refractivity contribution in [1.29, 1.82) is 0 Å². The van der Waals surface area contributed by atoms with Crippen LogP contribution < -0.4 is 5.43 Å². The SMILES string of the molecule is CC(N=Nc1nc2ccccc2s1)=NNc1ccccc1C(=O)O. The standard InChI is InChI=1S/C16H13N5O2S/c1-10(18-20-12-7-3-2-6-11(12)15(22)23)19-21-16-17-13-8-4-5-9-14(13)24-16/h2-9,20H,1H3,(H,22,23). The molecule has 0 fully saturated rings. The topological polar surface area (TPSA) is 99.3 Å². The number of carboxylic acid groups (broad SMARTS) is 1. The maximum atomic E-state index is 11.1. The molecule has 3 aromatic rings. The van der Waals surface area contributed by atoms with Crippen LogP contribution in [0.5, 0.6) is 0 Å². The summed E-state index contributed by atoms with van der Waals surface area (Å²) in [5.41, 5.74) is 4.09. The van der Waals surface area contributed by atoms with E-state index in [9.17, 15) is 4.79 Å². The van der Waals surface area contributed by atoms with Gasteiger partial charge in [0.2, 0.25) is 5.13 Å². The second-order valence-corrected chi connectivity index (χ2v) is 5.79. The van der Waals surface area contributed by atoms with E-state index >= 15 is 0 Å². The van der Waals surface area contributed by atoms with Gasteiger partial charge in [0.05, 0.1) is 21.5 Å². The van der Waals surface area contributed by atoms with E-state index in [2.05, 4.69) is 25.7 Å². The minimum Gasteiger partial charge on any atom is -0.478 e. The normalized spacial score (nSPS) is 12.0. The molecule has 0 spiro atoms. The first-order valence-corrected chi connectivity index (χ1v) is 7.85. The summed E-state index contributed by atoms with van der Waals surface area (Å²) in [6.07, 6.45) is 0. The molecule has 0 aliphatic carbocycles. The van der Waals surface area contributed by atoms with Crippen LogP contribution >= 0.6 is 11.3 Å². The molecule has 0 saturated heterocycles. The predicted octanol–water partition coefficient (Wildman–Crippen LogP) is 4.52. The van der Waals surface area contributed by atoms with Crippen LogP contribution in [0.4, 0.5) is 10.8 Å². The zero-order valence-corrected chi connectivity index (χ0v) is 13.5. The Bertz CT molecular complexity index is 915. The molecule has 0 aliphatic heterocycles. The number of thiazole rings is 1. The van der Waals surface area contributed by atoms with Gasteiger partial charge in [-0.1, -0.05) is 35.6 Å². The zero-order valence-electron chi connectivity index (χ0n) is 12.7. The molecule has 0 atom stereocenters. The Balaban J connectivity index is 1.73. The Morgan fingerprint density at radius 2 is 1.92 bits per heavy atom. The number of nitrogens with one attached hydrogen (secondary N) is 1. The summed E-state index contributed by atoms with van der Waals surface area (Å²) in [5, 5.41) is 21.7. The molecule has 0 radical (unpaired) electrons. The van der Waals surface area contributed by atoms with E-state index in [1.807, 2.05) is 24.3 Å². The number of carboxylic acids is 1. The van der Waals surface area contributed by atoms with Gasteiger partial charge in [0.25, 0.3) is 0 Å². The summed E-state index contributed by atoms with van der Waals surface area (Å²) < 4.78 is 1.04. The quantitative estimate of drug-likeness (QED) is 0.316. The highest BCUT2D eigenvalue weighted by molar-refractivity contribution is 7.21. The smallest absolute Gasteiger partial charge is 0.337 e. The molecule has 0 saturated carbocycles. The molecule has 1 aromatic heterocycles. The number of hydrogen-bond acceptors (Lipinski definition) is 6.